The Hall–Kier alpha value is -1.89. The van der Waals surface area contributed by atoms with E-state index in [2.05, 4.69) is 6.92 Å². The average Bonchev–Trinajstić information content (AvgIpc) is 2.57. The lowest BCUT2D eigenvalue weighted by molar-refractivity contribution is -0.878. The minimum Gasteiger partial charge on any atom is -0.481 e. The van der Waals surface area contributed by atoms with Crippen LogP contribution in [0.25, 0.3) is 0 Å². The Kier molecular flexibility index (Phi) is 13.3. The number of carbonyl (C=O) groups is 3. The normalized spacial score (nSPS) is 11.7. The number of hydrogen-bond acceptors (Lipinski definition) is 3. The summed E-state index contributed by atoms with van der Waals surface area (Å²) in [5.41, 5.74) is 0. The molecular formula is C19H34NO6+. The summed E-state index contributed by atoms with van der Waals surface area (Å²) in [5, 5.41) is 26.9. The van der Waals surface area contributed by atoms with Gasteiger partial charge < -0.3 is 15.3 Å². The van der Waals surface area contributed by atoms with Gasteiger partial charge in [0, 0.05) is 0 Å². The Bertz CT molecular complexity index is 415. The monoisotopic (exact) mass is 372 g/mol. The van der Waals surface area contributed by atoms with Crippen LogP contribution in [0.3, 0.4) is 0 Å². The van der Waals surface area contributed by atoms with Crippen molar-refractivity contribution < 1.29 is 34.2 Å². The quantitative estimate of drug-likeness (QED) is 0.266. The van der Waals surface area contributed by atoms with Gasteiger partial charge in [-0.15, -0.1) is 0 Å². The van der Waals surface area contributed by atoms with Crippen LogP contribution in [0, 0.1) is 0 Å². The van der Waals surface area contributed by atoms with Gasteiger partial charge in [0.2, 0.25) is 0 Å². The molecule has 0 saturated carbocycles. The number of unbranched alkanes of at least 4 members (excludes halogenated alkanes) is 6. The van der Waals surface area contributed by atoms with Gasteiger partial charge in [-0.2, -0.15) is 0 Å². The summed E-state index contributed by atoms with van der Waals surface area (Å²) >= 11 is 0. The lowest BCUT2D eigenvalue weighted by Crippen LogP contribution is -2.47. The summed E-state index contributed by atoms with van der Waals surface area (Å²) in [6.45, 7) is 2.76. The highest BCUT2D eigenvalue weighted by atomic mass is 16.4. The first-order valence-corrected chi connectivity index (χ1v) is 9.50. The van der Waals surface area contributed by atoms with Crippen LogP contribution in [0.1, 0.15) is 71.1 Å². The molecule has 0 aromatic carbocycles. The molecule has 0 aliphatic carbocycles. The maximum Gasteiger partial charge on any atom is 0.309 e. The number of nitrogens with zero attached hydrogens (tertiary/aromatic N) is 1. The third kappa shape index (κ3) is 13.4. The second-order valence-corrected chi connectivity index (χ2v) is 6.76. The van der Waals surface area contributed by atoms with E-state index in [9.17, 15) is 14.4 Å². The molecule has 0 spiro atoms. The molecule has 0 aliphatic heterocycles. The summed E-state index contributed by atoms with van der Waals surface area (Å²) in [6, 6.07) is 0. The molecule has 0 atom stereocenters. The SMILES string of the molecule is CCCCCCCC/C=C/[N+](CCC(=O)O)(CCC(=O)O)CCC(=O)O. The number of allylic oxidation sites excluding steroid dienone is 1. The molecule has 0 unspecified atom stereocenters. The molecule has 0 radical (unpaired) electrons. The van der Waals surface area contributed by atoms with Gasteiger partial charge in [-0.3, -0.25) is 18.9 Å². The Balaban J connectivity index is 4.80. The topological polar surface area (TPSA) is 112 Å². The Morgan fingerprint density at radius 1 is 0.731 bits per heavy atom. The molecule has 7 nitrogen and oxygen atoms in total. The molecule has 0 amide bonds. The van der Waals surface area contributed by atoms with Gasteiger partial charge in [-0.1, -0.05) is 39.0 Å². The zero-order valence-electron chi connectivity index (χ0n) is 15.9. The molecule has 7 heteroatoms. The van der Waals surface area contributed by atoms with Crippen LogP contribution in [0.2, 0.25) is 0 Å². The Labute approximate surface area is 155 Å². The summed E-state index contributed by atoms with van der Waals surface area (Å²) in [7, 11) is 0. The van der Waals surface area contributed by atoms with E-state index in [-0.39, 0.29) is 43.4 Å². The highest BCUT2D eigenvalue weighted by Crippen LogP contribution is 2.15. The molecule has 3 N–H and O–H groups in total. The first-order chi connectivity index (χ1) is 12.3. The molecule has 150 valence electrons. The van der Waals surface area contributed by atoms with Crippen molar-refractivity contribution in [1.82, 2.24) is 0 Å². The van der Waals surface area contributed by atoms with Crippen LogP contribution < -0.4 is 0 Å². The van der Waals surface area contributed by atoms with E-state index in [0.717, 1.165) is 19.3 Å². The van der Waals surface area contributed by atoms with Crippen molar-refractivity contribution in [1.29, 1.82) is 0 Å². The first-order valence-electron chi connectivity index (χ1n) is 9.50. The number of carboxylic acid groups (broad SMARTS) is 3. The van der Waals surface area contributed by atoms with E-state index in [1.165, 1.54) is 25.7 Å². The van der Waals surface area contributed by atoms with Crippen molar-refractivity contribution >= 4 is 17.9 Å². The van der Waals surface area contributed by atoms with Crippen LogP contribution >= 0.6 is 0 Å². The third-order valence-electron chi connectivity index (χ3n) is 4.46. The van der Waals surface area contributed by atoms with Crippen molar-refractivity contribution in [2.24, 2.45) is 0 Å². The fourth-order valence-electron chi connectivity index (χ4n) is 2.85. The molecule has 26 heavy (non-hydrogen) atoms. The number of hydrogen-bond donors (Lipinski definition) is 3. The molecule has 0 saturated heterocycles. The van der Waals surface area contributed by atoms with E-state index < -0.39 is 17.9 Å². The van der Waals surface area contributed by atoms with Crippen molar-refractivity contribution in [3.05, 3.63) is 12.3 Å². The van der Waals surface area contributed by atoms with Crippen LogP contribution in [0.5, 0.6) is 0 Å². The van der Waals surface area contributed by atoms with Crippen molar-refractivity contribution in [3.8, 4) is 0 Å². The molecule has 0 bridgehead atoms. The second-order valence-electron chi connectivity index (χ2n) is 6.76. The molecule has 0 heterocycles. The summed E-state index contributed by atoms with van der Waals surface area (Å²) in [4.78, 5) is 32.9. The lowest BCUT2D eigenvalue weighted by Gasteiger charge is -2.34. The summed E-state index contributed by atoms with van der Waals surface area (Å²) in [5.74, 6) is -2.91. The smallest absolute Gasteiger partial charge is 0.309 e. The largest absolute Gasteiger partial charge is 0.481 e. The molecule has 0 aromatic rings. The van der Waals surface area contributed by atoms with Crippen LogP contribution in [0.4, 0.5) is 0 Å². The minimum atomic E-state index is -0.970. The minimum absolute atomic E-state index is 0.0841. The van der Waals surface area contributed by atoms with E-state index in [1.807, 2.05) is 12.3 Å². The number of rotatable bonds is 17. The van der Waals surface area contributed by atoms with E-state index >= 15 is 0 Å². The number of carboxylic acids is 3. The summed E-state index contributed by atoms with van der Waals surface area (Å²) < 4.78 is 0.0841. The maximum absolute atomic E-state index is 11.0. The van der Waals surface area contributed by atoms with Gasteiger partial charge >= 0.3 is 17.9 Å². The average molecular weight is 372 g/mol. The standard InChI is InChI=1S/C19H33NO6/c1-2-3-4-5-6-7-8-9-13-20(14-10-17(21)22,15-11-18(23)24)16-12-19(25)26/h9,13H,2-8,10-12,14-16H2,1H3,(H2-,21,22,23,24,25,26)/p+1/b13-9+. The molecule has 0 fully saturated rings. The fourth-order valence-corrected chi connectivity index (χ4v) is 2.85. The van der Waals surface area contributed by atoms with Gasteiger partial charge in [-0.05, 0) is 18.9 Å². The second kappa shape index (κ2) is 14.3. The Morgan fingerprint density at radius 3 is 1.58 bits per heavy atom. The van der Waals surface area contributed by atoms with Gasteiger partial charge in [0.1, 0.15) is 0 Å². The van der Waals surface area contributed by atoms with Crippen molar-refractivity contribution in [2.75, 3.05) is 19.6 Å². The van der Waals surface area contributed by atoms with Gasteiger partial charge in [0.05, 0.1) is 45.1 Å². The van der Waals surface area contributed by atoms with E-state index in [0.29, 0.717) is 0 Å². The molecule has 0 aromatic heterocycles. The van der Waals surface area contributed by atoms with Crippen molar-refractivity contribution in [3.63, 3.8) is 0 Å². The van der Waals surface area contributed by atoms with E-state index in [1.54, 1.807) is 0 Å². The zero-order chi connectivity index (χ0) is 19.8. The molecule has 0 aliphatic rings. The van der Waals surface area contributed by atoms with Gasteiger partial charge in [0.25, 0.3) is 0 Å². The van der Waals surface area contributed by atoms with Gasteiger partial charge in [0.15, 0.2) is 0 Å². The zero-order valence-corrected chi connectivity index (χ0v) is 15.9. The highest BCUT2D eigenvalue weighted by Gasteiger charge is 2.27. The molecule has 0 rings (SSSR count). The van der Waals surface area contributed by atoms with E-state index in [4.69, 9.17) is 15.3 Å². The van der Waals surface area contributed by atoms with Crippen LogP contribution in [0.15, 0.2) is 12.3 Å². The summed E-state index contributed by atoms with van der Waals surface area (Å²) in [6.07, 6.45) is 11.3. The Morgan fingerprint density at radius 2 is 1.15 bits per heavy atom. The maximum atomic E-state index is 11.0. The number of aliphatic carboxylic acids is 3. The predicted octanol–water partition coefficient (Wildman–Crippen LogP) is 3.49. The number of quaternary nitrogens is 1. The van der Waals surface area contributed by atoms with Crippen molar-refractivity contribution in [2.45, 2.75) is 71.1 Å². The molecular weight excluding hydrogens is 338 g/mol. The fraction of sp³-hybridized carbons (Fsp3) is 0.737. The van der Waals surface area contributed by atoms with Crippen LogP contribution in [-0.4, -0.2) is 57.3 Å². The first kappa shape index (κ1) is 24.1. The van der Waals surface area contributed by atoms with Gasteiger partial charge in [-0.25, -0.2) is 0 Å². The third-order valence-corrected chi connectivity index (χ3v) is 4.46. The highest BCUT2D eigenvalue weighted by molar-refractivity contribution is 5.67. The predicted molar refractivity (Wildman–Crippen MR) is 98.8 cm³/mol. The van der Waals surface area contributed by atoms with Crippen LogP contribution in [-0.2, 0) is 14.4 Å². The lowest BCUT2D eigenvalue weighted by atomic mass is 10.1.